The fraction of sp³-hybridized carbons (Fsp3) is 0.350. The lowest BCUT2D eigenvalue weighted by Gasteiger charge is -2.33. The standard InChI is InChI=1S/C20H18F5NO3/c21-13-3-6-17(20(23,24)25)12(8-13)10-26-7-1-2-15(11-26)29-14-4-5-16(19(27)28)18(22)9-14/h3-6,8-9,15H,1-2,7,10-11H2,(H,27,28). The van der Waals surface area contributed by atoms with Crippen molar-refractivity contribution in [1.82, 2.24) is 4.90 Å². The molecule has 0 aromatic heterocycles. The van der Waals surface area contributed by atoms with E-state index in [1.165, 1.54) is 6.07 Å². The quantitative estimate of drug-likeness (QED) is 0.718. The lowest BCUT2D eigenvalue weighted by atomic mass is 10.0. The van der Waals surface area contributed by atoms with Crippen molar-refractivity contribution in [2.75, 3.05) is 13.1 Å². The topological polar surface area (TPSA) is 49.8 Å². The molecular formula is C20H18F5NO3. The number of aromatic carboxylic acids is 1. The van der Waals surface area contributed by atoms with Gasteiger partial charge in [0.15, 0.2) is 0 Å². The van der Waals surface area contributed by atoms with Gasteiger partial charge < -0.3 is 9.84 Å². The number of benzene rings is 2. The summed E-state index contributed by atoms with van der Waals surface area (Å²) in [6.45, 7) is 0.689. The first-order chi connectivity index (χ1) is 13.6. The Morgan fingerprint density at radius 1 is 1.17 bits per heavy atom. The molecule has 3 rings (SSSR count). The Bertz CT molecular complexity index is 900. The first-order valence-electron chi connectivity index (χ1n) is 8.91. The number of piperidine rings is 1. The van der Waals surface area contributed by atoms with Crippen molar-refractivity contribution in [2.45, 2.75) is 31.7 Å². The van der Waals surface area contributed by atoms with Crippen LogP contribution in [0.25, 0.3) is 0 Å². The summed E-state index contributed by atoms with van der Waals surface area (Å²) in [7, 11) is 0. The summed E-state index contributed by atoms with van der Waals surface area (Å²) in [5.41, 5.74) is -1.52. The highest BCUT2D eigenvalue weighted by Crippen LogP contribution is 2.33. The van der Waals surface area contributed by atoms with Gasteiger partial charge in [-0.3, -0.25) is 4.90 Å². The minimum Gasteiger partial charge on any atom is -0.489 e. The van der Waals surface area contributed by atoms with Gasteiger partial charge in [0.05, 0.1) is 11.1 Å². The van der Waals surface area contributed by atoms with Crippen LogP contribution in [0.2, 0.25) is 0 Å². The minimum absolute atomic E-state index is 0.0984. The molecule has 0 saturated carbocycles. The number of carbonyl (C=O) groups is 1. The minimum atomic E-state index is -4.59. The summed E-state index contributed by atoms with van der Waals surface area (Å²) in [5.74, 6) is -2.93. The molecule has 4 nitrogen and oxygen atoms in total. The van der Waals surface area contributed by atoms with E-state index in [1.54, 1.807) is 4.90 Å². The monoisotopic (exact) mass is 415 g/mol. The molecular weight excluding hydrogens is 397 g/mol. The molecule has 1 unspecified atom stereocenters. The second kappa shape index (κ2) is 8.36. The largest absolute Gasteiger partial charge is 0.489 e. The van der Waals surface area contributed by atoms with Crippen molar-refractivity contribution >= 4 is 5.97 Å². The molecule has 1 aliphatic heterocycles. The van der Waals surface area contributed by atoms with E-state index in [-0.39, 0.29) is 24.4 Å². The van der Waals surface area contributed by atoms with E-state index in [0.717, 1.165) is 30.3 Å². The maximum absolute atomic E-state index is 13.8. The number of ether oxygens (including phenoxy) is 1. The Morgan fingerprint density at radius 3 is 2.59 bits per heavy atom. The molecule has 1 saturated heterocycles. The van der Waals surface area contributed by atoms with E-state index in [0.29, 0.717) is 19.4 Å². The molecule has 156 valence electrons. The molecule has 0 spiro atoms. The van der Waals surface area contributed by atoms with Crippen LogP contribution in [0.5, 0.6) is 5.75 Å². The third kappa shape index (κ3) is 5.23. The van der Waals surface area contributed by atoms with Crippen LogP contribution < -0.4 is 4.74 Å². The van der Waals surface area contributed by atoms with E-state index < -0.39 is 41.0 Å². The number of hydrogen-bond acceptors (Lipinski definition) is 3. The molecule has 2 aromatic carbocycles. The summed E-state index contributed by atoms with van der Waals surface area (Å²) in [5, 5.41) is 8.86. The Hall–Kier alpha value is -2.68. The predicted octanol–water partition coefficient (Wildman–Crippen LogP) is 4.73. The van der Waals surface area contributed by atoms with Crippen molar-refractivity contribution < 1.29 is 36.6 Å². The van der Waals surface area contributed by atoms with Gasteiger partial charge in [-0.2, -0.15) is 13.2 Å². The molecule has 0 aliphatic carbocycles. The van der Waals surface area contributed by atoms with Crippen molar-refractivity contribution in [3.63, 3.8) is 0 Å². The zero-order chi connectivity index (χ0) is 21.2. The Balaban J connectivity index is 1.70. The smallest absolute Gasteiger partial charge is 0.416 e. The van der Waals surface area contributed by atoms with Crippen molar-refractivity contribution in [3.05, 3.63) is 64.7 Å². The molecule has 1 atom stereocenters. The van der Waals surface area contributed by atoms with Crippen LogP contribution in [0.3, 0.4) is 0 Å². The van der Waals surface area contributed by atoms with Gasteiger partial charge in [-0.05, 0) is 55.3 Å². The van der Waals surface area contributed by atoms with Gasteiger partial charge in [-0.1, -0.05) is 0 Å². The fourth-order valence-corrected chi connectivity index (χ4v) is 3.40. The lowest BCUT2D eigenvalue weighted by Crippen LogP contribution is -2.41. The number of rotatable bonds is 5. The lowest BCUT2D eigenvalue weighted by molar-refractivity contribution is -0.138. The second-order valence-electron chi connectivity index (χ2n) is 6.86. The molecule has 1 heterocycles. The highest BCUT2D eigenvalue weighted by atomic mass is 19.4. The number of nitrogens with zero attached hydrogens (tertiary/aromatic N) is 1. The molecule has 2 aromatic rings. The Kier molecular flexibility index (Phi) is 6.07. The summed E-state index contributed by atoms with van der Waals surface area (Å²) in [6, 6.07) is 5.79. The molecule has 29 heavy (non-hydrogen) atoms. The third-order valence-corrected chi connectivity index (χ3v) is 4.70. The van der Waals surface area contributed by atoms with Crippen molar-refractivity contribution in [3.8, 4) is 5.75 Å². The van der Waals surface area contributed by atoms with Crippen LogP contribution in [-0.4, -0.2) is 35.2 Å². The Labute approximate surface area is 163 Å². The normalized spacial score (nSPS) is 17.9. The number of alkyl halides is 3. The van der Waals surface area contributed by atoms with Crippen LogP contribution in [0, 0.1) is 11.6 Å². The Morgan fingerprint density at radius 2 is 1.93 bits per heavy atom. The zero-order valence-electron chi connectivity index (χ0n) is 15.2. The van der Waals surface area contributed by atoms with Gasteiger partial charge in [0.1, 0.15) is 23.5 Å². The molecule has 0 radical (unpaired) electrons. The first-order valence-corrected chi connectivity index (χ1v) is 8.91. The summed E-state index contributed by atoms with van der Waals surface area (Å²) in [4.78, 5) is 12.6. The van der Waals surface area contributed by atoms with Gasteiger partial charge in [0.25, 0.3) is 0 Å². The van der Waals surface area contributed by atoms with E-state index in [2.05, 4.69) is 0 Å². The van der Waals surface area contributed by atoms with Crippen molar-refractivity contribution in [2.24, 2.45) is 0 Å². The molecule has 0 bridgehead atoms. The maximum atomic E-state index is 13.8. The first kappa shape index (κ1) is 21.0. The van der Waals surface area contributed by atoms with Crippen LogP contribution in [0.4, 0.5) is 22.0 Å². The van der Waals surface area contributed by atoms with Crippen LogP contribution in [-0.2, 0) is 12.7 Å². The maximum Gasteiger partial charge on any atom is 0.416 e. The SMILES string of the molecule is O=C(O)c1ccc(OC2CCCN(Cc3cc(F)ccc3C(F)(F)F)C2)cc1F. The number of carboxylic acid groups (broad SMARTS) is 1. The second-order valence-corrected chi connectivity index (χ2v) is 6.86. The van der Waals surface area contributed by atoms with Gasteiger partial charge in [-0.25, -0.2) is 13.6 Å². The molecule has 1 aliphatic rings. The molecule has 9 heteroatoms. The summed E-state index contributed by atoms with van der Waals surface area (Å²) in [6.07, 6.45) is -3.76. The van der Waals surface area contributed by atoms with Crippen LogP contribution in [0.1, 0.15) is 34.3 Å². The number of likely N-dealkylation sites (tertiary alicyclic amines) is 1. The highest BCUT2D eigenvalue weighted by Gasteiger charge is 2.34. The highest BCUT2D eigenvalue weighted by molar-refractivity contribution is 5.88. The van der Waals surface area contributed by atoms with Crippen LogP contribution >= 0.6 is 0 Å². The average Bonchev–Trinajstić information content (AvgIpc) is 2.60. The van der Waals surface area contributed by atoms with E-state index >= 15 is 0 Å². The summed E-state index contributed by atoms with van der Waals surface area (Å²) < 4.78 is 72.5. The predicted molar refractivity (Wildman–Crippen MR) is 93.7 cm³/mol. The van der Waals surface area contributed by atoms with E-state index in [9.17, 15) is 26.7 Å². The molecule has 0 amide bonds. The van der Waals surface area contributed by atoms with Crippen LogP contribution in [0.15, 0.2) is 36.4 Å². The molecule has 1 N–H and O–H groups in total. The number of hydrogen-bond donors (Lipinski definition) is 1. The van der Waals surface area contributed by atoms with E-state index in [4.69, 9.17) is 9.84 Å². The van der Waals surface area contributed by atoms with Gasteiger partial charge in [0, 0.05) is 19.2 Å². The molecule has 1 fully saturated rings. The number of carboxylic acids is 1. The summed E-state index contributed by atoms with van der Waals surface area (Å²) >= 11 is 0. The van der Waals surface area contributed by atoms with Gasteiger partial charge in [0.2, 0.25) is 0 Å². The van der Waals surface area contributed by atoms with Gasteiger partial charge >= 0.3 is 12.1 Å². The van der Waals surface area contributed by atoms with Crippen molar-refractivity contribution in [1.29, 1.82) is 0 Å². The van der Waals surface area contributed by atoms with Gasteiger partial charge in [-0.15, -0.1) is 0 Å². The number of halogens is 5. The average molecular weight is 415 g/mol. The van der Waals surface area contributed by atoms with E-state index in [1.807, 2.05) is 0 Å². The fourth-order valence-electron chi connectivity index (χ4n) is 3.40. The third-order valence-electron chi connectivity index (χ3n) is 4.70. The zero-order valence-corrected chi connectivity index (χ0v) is 15.2.